The average molecular weight is 355 g/mol. The van der Waals surface area contributed by atoms with Crippen LogP contribution in [0, 0.1) is 0 Å². The van der Waals surface area contributed by atoms with Crippen LogP contribution in [0.5, 0.6) is 5.75 Å². The first-order valence-corrected chi connectivity index (χ1v) is 8.79. The van der Waals surface area contributed by atoms with Crippen molar-refractivity contribution in [3.63, 3.8) is 0 Å². The van der Waals surface area contributed by atoms with Gasteiger partial charge in [0.2, 0.25) is 5.91 Å². The lowest BCUT2D eigenvalue weighted by atomic mass is 10.0. The van der Waals surface area contributed by atoms with Gasteiger partial charge in [-0.2, -0.15) is 5.10 Å². The van der Waals surface area contributed by atoms with E-state index in [4.69, 9.17) is 15.5 Å². The Morgan fingerprint density at radius 3 is 2.96 bits per heavy atom. The molecule has 0 saturated heterocycles. The lowest BCUT2D eigenvalue weighted by Gasteiger charge is -2.12. The van der Waals surface area contributed by atoms with Gasteiger partial charge in [-0.05, 0) is 18.2 Å². The van der Waals surface area contributed by atoms with Gasteiger partial charge in [0.05, 0.1) is 16.6 Å². The second kappa shape index (κ2) is 5.96. The van der Waals surface area contributed by atoms with Gasteiger partial charge in [0.1, 0.15) is 24.5 Å². The van der Waals surface area contributed by atoms with Crippen molar-refractivity contribution in [3.8, 4) is 17.0 Å². The molecule has 0 saturated carbocycles. The fourth-order valence-corrected chi connectivity index (χ4v) is 4.02. The van der Waals surface area contributed by atoms with Crippen molar-refractivity contribution in [1.82, 2.24) is 20.2 Å². The Balaban J connectivity index is 1.90. The van der Waals surface area contributed by atoms with Gasteiger partial charge in [0.15, 0.2) is 0 Å². The molecule has 1 aromatic carbocycles. The second-order valence-corrected chi connectivity index (χ2v) is 7.29. The molecule has 3 heterocycles. The first kappa shape index (κ1) is 15.8. The van der Waals surface area contributed by atoms with Crippen LogP contribution in [-0.2, 0) is 0 Å². The van der Waals surface area contributed by atoms with Gasteiger partial charge in [-0.25, -0.2) is 9.97 Å². The summed E-state index contributed by atoms with van der Waals surface area (Å²) in [6, 6.07) is 5.23. The molecule has 1 atom stereocenters. The summed E-state index contributed by atoms with van der Waals surface area (Å²) in [6.07, 6.45) is 1.49. The van der Waals surface area contributed by atoms with Crippen molar-refractivity contribution in [2.24, 2.45) is 5.73 Å². The van der Waals surface area contributed by atoms with E-state index in [1.165, 1.54) is 6.33 Å². The van der Waals surface area contributed by atoms with Gasteiger partial charge < -0.3 is 10.5 Å². The highest BCUT2D eigenvalue weighted by Gasteiger charge is 2.31. The van der Waals surface area contributed by atoms with Gasteiger partial charge in [0, 0.05) is 21.9 Å². The number of rotatable bonds is 3. The first-order chi connectivity index (χ1) is 12.0. The molecule has 4 rings (SSSR count). The number of ether oxygens (including phenoxy) is 1. The van der Waals surface area contributed by atoms with Crippen LogP contribution in [0.3, 0.4) is 0 Å². The van der Waals surface area contributed by atoms with Crippen LogP contribution in [0.15, 0.2) is 24.5 Å². The number of hydrogen-bond donors (Lipinski definition) is 2. The van der Waals surface area contributed by atoms with Crippen molar-refractivity contribution in [3.05, 3.63) is 45.8 Å². The molecule has 8 heteroatoms. The highest BCUT2D eigenvalue weighted by atomic mass is 32.1. The molecule has 0 bridgehead atoms. The number of hydrogen-bond acceptors (Lipinski definition) is 6. The highest BCUT2D eigenvalue weighted by Crippen LogP contribution is 2.44. The van der Waals surface area contributed by atoms with Crippen LogP contribution < -0.4 is 10.5 Å². The molecule has 0 fully saturated rings. The summed E-state index contributed by atoms with van der Waals surface area (Å²) in [6.45, 7) is 4.63. The van der Waals surface area contributed by atoms with E-state index in [1.54, 1.807) is 23.5 Å². The van der Waals surface area contributed by atoms with Gasteiger partial charge in [-0.3, -0.25) is 9.89 Å². The maximum absolute atomic E-state index is 11.5. The number of aromatic nitrogens is 4. The van der Waals surface area contributed by atoms with Gasteiger partial charge in [-0.1, -0.05) is 13.8 Å². The summed E-state index contributed by atoms with van der Waals surface area (Å²) in [4.78, 5) is 21.7. The summed E-state index contributed by atoms with van der Waals surface area (Å²) in [5, 5.41) is 7.95. The second-order valence-electron chi connectivity index (χ2n) is 6.23. The Bertz CT molecular complexity index is 933. The van der Waals surface area contributed by atoms with E-state index < -0.39 is 5.91 Å². The maximum atomic E-state index is 11.5. The molecule has 128 valence electrons. The topological polar surface area (TPSA) is 107 Å². The predicted molar refractivity (Wildman–Crippen MR) is 93.9 cm³/mol. The third kappa shape index (κ3) is 2.68. The number of carbonyl (C=O) groups is 1. The predicted octanol–water partition coefficient (Wildman–Crippen LogP) is 2.67. The van der Waals surface area contributed by atoms with Crippen molar-refractivity contribution >= 4 is 17.2 Å². The first-order valence-electron chi connectivity index (χ1n) is 7.97. The van der Waals surface area contributed by atoms with Crippen molar-refractivity contribution < 1.29 is 9.53 Å². The molecule has 0 aliphatic carbocycles. The number of carbonyl (C=O) groups excluding carboxylic acids is 1. The van der Waals surface area contributed by atoms with Crippen LogP contribution in [-0.4, -0.2) is 32.7 Å². The third-order valence-electron chi connectivity index (χ3n) is 4.17. The largest absolute Gasteiger partial charge is 0.492 e. The number of nitrogens with two attached hydrogens (primary N) is 1. The van der Waals surface area contributed by atoms with E-state index in [0.29, 0.717) is 23.8 Å². The fourth-order valence-electron chi connectivity index (χ4n) is 2.85. The summed E-state index contributed by atoms with van der Waals surface area (Å²) >= 11 is 1.67. The number of nitrogens with one attached hydrogen (secondary N) is 1. The van der Waals surface area contributed by atoms with Gasteiger partial charge >= 0.3 is 0 Å². The number of primary amides is 1. The van der Waals surface area contributed by atoms with Crippen molar-refractivity contribution in [2.45, 2.75) is 25.7 Å². The normalized spacial score (nSPS) is 16.0. The number of amides is 1. The number of fused-ring (bicyclic) bond motifs is 3. The van der Waals surface area contributed by atoms with Crippen LogP contribution >= 0.6 is 11.3 Å². The zero-order valence-corrected chi connectivity index (χ0v) is 14.6. The van der Waals surface area contributed by atoms with Gasteiger partial charge in [0.25, 0.3) is 0 Å². The lowest BCUT2D eigenvalue weighted by molar-refractivity contribution is 0.1000. The molecule has 25 heavy (non-hydrogen) atoms. The number of benzene rings is 1. The molecular formula is C17H17N5O2S. The molecule has 1 amide bonds. The molecule has 3 aromatic rings. The Kier molecular flexibility index (Phi) is 3.76. The van der Waals surface area contributed by atoms with Crippen molar-refractivity contribution in [2.75, 3.05) is 6.61 Å². The van der Waals surface area contributed by atoms with E-state index in [1.807, 2.05) is 6.07 Å². The summed E-state index contributed by atoms with van der Waals surface area (Å²) in [5.74, 6) is 1.10. The summed E-state index contributed by atoms with van der Waals surface area (Å²) in [7, 11) is 0. The Hall–Kier alpha value is -2.74. The average Bonchev–Trinajstić information content (AvgIpc) is 3.23. The van der Waals surface area contributed by atoms with Crippen molar-refractivity contribution in [1.29, 1.82) is 0 Å². The molecule has 2 aromatic heterocycles. The quantitative estimate of drug-likeness (QED) is 0.751. The maximum Gasteiger partial charge on any atom is 0.248 e. The van der Waals surface area contributed by atoms with E-state index in [9.17, 15) is 4.79 Å². The van der Waals surface area contributed by atoms with E-state index in [0.717, 1.165) is 27.0 Å². The molecule has 1 unspecified atom stereocenters. The Morgan fingerprint density at radius 1 is 1.44 bits per heavy atom. The minimum Gasteiger partial charge on any atom is -0.492 e. The molecule has 1 aliphatic rings. The molecule has 0 radical (unpaired) electrons. The molecule has 7 nitrogen and oxygen atoms in total. The standard InChI is InChI=1S/C17H17N5O2S/c1-8(2)17-21-13-10-4-3-9(15(18)23)5-12(10)24-6-11(14(13)25-17)16-19-7-20-22-16/h3-5,7-8,11H,6H2,1-2H3,(H2,18,23)(H,19,20,22). The molecular weight excluding hydrogens is 338 g/mol. The van der Waals surface area contributed by atoms with E-state index >= 15 is 0 Å². The van der Waals surface area contributed by atoms with Gasteiger partial charge in [-0.15, -0.1) is 11.3 Å². The number of nitrogens with zero attached hydrogens (tertiary/aromatic N) is 3. The Morgan fingerprint density at radius 2 is 2.28 bits per heavy atom. The van der Waals surface area contributed by atoms with Crippen LogP contribution in [0.25, 0.3) is 11.3 Å². The summed E-state index contributed by atoms with van der Waals surface area (Å²) < 4.78 is 5.99. The SMILES string of the molecule is CC(C)c1nc2c(s1)C(c1ncn[nH]1)COc1cc(C(N)=O)ccc1-2. The number of aromatic amines is 1. The third-order valence-corrected chi connectivity index (χ3v) is 5.64. The van der Waals surface area contributed by atoms with Crippen LogP contribution in [0.1, 0.15) is 51.8 Å². The number of thiazole rings is 1. The van der Waals surface area contributed by atoms with E-state index in [2.05, 4.69) is 29.0 Å². The minimum atomic E-state index is -0.483. The minimum absolute atomic E-state index is 0.0908. The zero-order chi connectivity index (χ0) is 17.6. The smallest absolute Gasteiger partial charge is 0.248 e. The monoisotopic (exact) mass is 355 g/mol. The fraction of sp³-hybridized carbons (Fsp3) is 0.294. The lowest BCUT2D eigenvalue weighted by Crippen LogP contribution is -2.12. The highest BCUT2D eigenvalue weighted by molar-refractivity contribution is 7.12. The molecule has 1 aliphatic heterocycles. The molecule has 3 N–H and O–H groups in total. The summed E-state index contributed by atoms with van der Waals surface area (Å²) in [5.41, 5.74) is 7.55. The van der Waals surface area contributed by atoms with Crippen LogP contribution in [0.4, 0.5) is 0 Å². The molecule has 0 spiro atoms. The van der Waals surface area contributed by atoms with E-state index in [-0.39, 0.29) is 5.92 Å². The number of H-pyrrole nitrogens is 1. The zero-order valence-electron chi connectivity index (χ0n) is 13.8. The van der Waals surface area contributed by atoms with Crippen LogP contribution in [0.2, 0.25) is 0 Å². The Labute approximate surface area is 148 Å².